The van der Waals surface area contributed by atoms with Gasteiger partial charge in [-0.25, -0.2) is 4.98 Å². The molecule has 2 aromatic carbocycles. The Hall–Kier alpha value is -2.72. The summed E-state index contributed by atoms with van der Waals surface area (Å²) in [6.45, 7) is 1.79. The molecule has 0 saturated heterocycles. The average Bonchev–Trinajstić information content (AvgIpc) is 2.85. The fourth-order valence-corrected chi connectivity index (χ4v) is 3.40. The summed E-state index contributed by atoms with van der Waals surface area (Å²) in [5.74, 6) is -0.598. The molecule has 24 heavy (non-hydrogen) atoms. The Morgan fingerprint density at radius 3 is 2.21 bits per heavy atom. The Kier molecular flexibility index (Phi) is 3.36. The van der Waals surface area contributed by atoms with Crippen molar-refractivity contribution >= 4 is 34.3 Å². The monoisotopic (exact) mass is 336 g/mol. The molecule has 2 heterocycles. The first-order chi connectivity index (χ1) is 11.6. The van der Waals surface area contributed by atoms with Gasteiger partial charge in [0.25, 0.3) is 11.8 Å². The van der Waals surface area contributed by atoms with Crippen LogP contribution in [-0.2, 0) is 0 Å². The Bertz CT molecular complexity index is 965. The molecule has 0 radical (unpaired) electrons. The minimum atomic E-state index is -0.498. The zero-order chi connectivity index (χ0) is 16.8. The normalized spacial score (nSPS) is 15.0. The number of pyridine rings is 1. The number of hydrogen-bond donors (Lipinski definition) is 0. The number of hydrogen-bond acceptors (Lipinski definition) is 3. The Balaban J connectivity index is 1.80. The number of nitrogens with zero attached hydrogens (tertiary/aromatic N) is 2. The Labute approximate surface area is 143 Å². The van der Waals surface area contributed by atoms with E-state index in [1.165, 1.54) is 4.90 Å². The zero-order valence-electron chi connectivity index (χ0n) is 12.9. The number of carbonyl (C=O) groups is 2. The maximum atomic E-state index is 12.6. The lowest BCUT2D eigenvalue weighted by Crippen LogP contribution is -2.32. The molecule has 0 N–H and O–H groups in total. The third kappa shape index (κ3) is 2.11. The van der Waals surface area contributed by atoms with Gasteiger partial charge in [0.2, 0.25) is 0 Å². The molecule has 3 aromatic rings. The minimum absolute atomic E-state index is 0.299. The molecular formula is C19H13ClN2O2. The number of benzene rings is 2. The van der Waals surface area contributed by atoms with Crippen molar-refractivity contribution in [3.8, 4) is 0 Å². The number of rotatable bonds is 2. The fraction of sp³-hybridized carbons (Fsp3) is 0.105. The number of fused-ring (bicyclic) bond motifs is 2. The third-order valence-corrected chi connectivity index (χ3v) is 4.67. The van der Waals surface area contributed by atoms with Gasteiger partial charge >= 0.3 is 0 Å². The van der Waals surface area contributed by atoms with Gasteiger partial charge in [0.15, 0.2) is 0 Å². The van der Waals surface area contributed by atoms with Gasteiger partial charge in [-0.15, -0.1) is 0 Å². The molecule has 1 aliphatic rings. The second-order valence-corrected chi connectivity index (χ2v) is 6.12. The molecule has 4 rings (SSSR count). The fourth-order valence-electron chi connectivity index (χ4n) is 3.10. The number of halogens is 1. The van der Waals surface area contributed by atoms with Gasteiger partial charge in [-0.05, 0) is 31.2 Å². The van der Waals surface area contributed by atoms with E-state index in [2.05, 4.69) is 4.98 Å². The number of amides is 2. The summed E-state index contributed by atoms with van der Waals surface area (Å²) >= 11 is 6.32. The molecule has 0 bridgehead atoms. The van der Waals surface area contributed by atoms with Crippen molar-refractivity contribution in [1.82, 2.24) is 9.88 Å². The maximum Gasteiger partial charge on any atom is 0.262 e. The average molecular weight is 337 g/mol. The predicted octanol–water partition coefficient (Wildman–Crippen LogP) is 4.25. The maximum absolute atomic E-state index is 12.6. The molecule has 0 saturated carbocycles. The zero-order valence-corrected chi connectivity index (χ0v) is 13.6. The van der Waals surface area contributed by atoms with Crippen molar-refractivity contribution in [2.75, 3.05) is 0 Å². The Morgan fingerprint density at radius 1 is 0.958 bits per heavy atom. The van der Waals surface area contributed by atoms with Gasteiger partial charge in [0.05, 0.1) is 22.7 Å². The largest absolute Gasteiger partial charge is 0.269 e. The SMILES string of the molecule is CC(c1cc2ccccc2nc1Cl)N1C(=O)c2ccccc2C1=O. The second-order valence-electron chi connectivity index (χ2n) is 5.76. The second kappa shape index (κ2) is 5.42. The summed E-state index contributed by atoms with van der Waals surface area (Å²) in [4.78, 5) is 30.9. The third-order valence-electron chi connectivity index (χ3n) is 4.37. The van der Waals surface area contributed by atoms with Crippen molar-refractivity contribution < 1.29 is 9.59 Å². The molecule has 1 unspecified atom stereocenters. The number of aromatic nitrogens is 1. The number of imide groups is 1. The molecule has 1 atom stereocenters. The van der Waals surface area contributed by atoms with Gasteiger partial charge in [-0.3, -0.25) is 14.5 Å². The first-order valence-electron chi connectivity index (χ1n) is 7.60. The number of para-hydroxylation sites is 1. The van der Waals surface area contributed by atoms with Gasteiger partial charge in [-0.2, -0.15) is 0 Å². The molecule has 2 amide bonds. The van der Waals surface area contributed by atoms with Crippen LogP contribution in [-0.4, -0.2) is 21.7 Å². The molecule has 0 aliphatic carbocycles. The highest BCUT2D eigenvalue weighted by molar-refractivity contribution is 6.31. The summed E-state index contributed by atoms with van der Waals surface area (Å²) in [5, 5.41) is 1.22. The first kappa shape index (κ1) is 14.8. The first-order valence-corrected chi connectivity index (χ1v) is 7.98. The predicted molar refractivity (Wildman–Crippen MR) is 92.1 cm³/mol. The topological polar surface area (TPSA) is 50.3 Å². The molecule has 5 heteroatoms. The molecule has 1 aromatic heterocycles. The molecule has 1 aliphatic heterocycles. The van der Waals surface area contributed by atoms with Crippen molar-refractivity contribution in [3.05, 3.63) is 76.4 Å². The van der Waals surface area contributed by atoms with Gasteiger partial charge < -0.3 is 0 Å². The van der Waals surface area contributed by atoms with Crippen LogP contribution >= 0.6 is 11.6 Å². The summed E-state index contributed by atoms with van der Waals surface area (Å²) < 4.78 is 0. The van der Waals surface area contributed by atoms with E-state index in [1.54, 1.807) is 31.2 Å². The van der Waals surface area contributed by atoms with Gasteiger partial charge in [-0.1, -0.05) is 41.9 Å². The Morgan fingerprint density at radius 2 is 1.54 bits per heavy atom. The van der Waals surface area contributed by atoms with Crippen LogP contribution in [0.15, 0.2) is 54.6 Å². The molecule has 118 valence electrons. The highest BCUT2D eigenvalue weighted by Gasteiger charge is 2.39. The van der Waals surface area contributed by atoms with E-state index in [0.29, 0.717) is 21.8 Å². The van der Waals surface area contributed by atoms with Crippen molar-refractivity contribution in [1.29, 1.82) is 0 Å². The van der Waals surface area contributed by atoms with Gasteiger partial charge in [0.1, 0.15) is 5.15 Å². The summed E-state index contributed by atoms with van der Waals surface area (Å²) in [7, 11) is 0. The molecule has 4 nitrogen and oxygen atoms in total. The van der Waals surface area contributed by atoms with Gasteiger partial charge in [0, 0.05) is 10.9 Å². The lowest BCUT2D eigenvalue weighted by molar-refractivity contribution is 0.0595. The molecular weight excluding hydrogens is 324 g/mol. The van der Waals surface area contributed by atoms with E-state index >= 15 is 0 Å². The van der Waals surface area contributed by atoms with Crippen molar-refractivity contribution in [3.63, 3.8) is 0 Å². The summed E-state index contributed by atoms with van der Waals surface area (Å²) in [5.41, 5.74) is 2.30. The van der Waals surface area contributed by atoms with Crippen LogP contribution < -0.4 is 0 Å². The van der Waals surface area contributed by atoms with E-state index in [-0.39, 0.29) is 11.8 Å². The summed E-state index contributed by atoms with van der Waals surface area (Å²) in [6, 6.07) is 15.8. The van der Waals surface area contributed by atoms with Crippen LogP contribution in [0.25, 0.3) is 10.9 Å². The van der Waals surface area contributed by atoms with Crippen LogP contribution in [0.1, 0.15) is 39.2 Å². The van der Waals surface area contributed by atoms with E-state index in [4.69, 9.17) is 11.6 Å². The van der Waals surface area contributed by atoms with Crippen LogP contribution in [0.5, 0.6) is 0 Å². The van der Waals surface area contributed by atoms with Crippen molar-refractivity contribution in [2.24, 2.45) is 0 Å². The van der Waals surface area contributed by atoms with E-state index in [1.807, 2.05) is 30.3 Å². The molecule has 0 spiro atoms. The van der Waals surface area contributed by atoms with Crippen LogP contribution in [0.4, 0.5) is 0 Å². The van der Waals surface area contributed by atoms with Crippen LogP contribution in [0.3, 0.4) is 0 Å². The van der Waals surface area contributed by atoms with E-state index in [0.717, 1.165) is 10.9 Å². The lowest BCUT2D eigenvalue weighted by Gasteiger charge is -2.23. The van der Waals surface area contributed by atoms with Crippen molar-refractivity contribution in [2.45, 2.75) is 13.0 Å². The van der Waals surface area contributed by atoms with Crippen LogP contribution in [0, 0.1) is 0 Å². The lowest BCUT2D eigenvalue weighted by atomic mass is 10.1. The highest BCUT2D eigenvalue weighted by atomic mass is 35.5. The summed E-state index contributed by atoms with van der Waals surface area (Å²) in [6.07, 6.45) is 0. The number of carbonyl (C=O) groups excluding carboxylic acids is 2. The smallest absolute Gasteiger partial charge is 0.262 e. The highest BCUT2D eigenvalue weighted by Crippen LogP contribution is 2.34. The minimum Gasteiger partial charge on any atom is -0.269 e. The standard InChI is InChI=1S/C19H13ClN2O2/c1-11(15-10-12-6-2-5-9-16(12)21-17(15)20)22-18(23)13-7-3-4-8-14(13)19(22)24/h2-11H,1H3. The quantitative estimate of drug-likeness (QED) is 0.519. The molecule has 0 fully saturated rings. The van der Waals surface area contributed by atoms with E-state index in [9.17, 15) is 9.59 Å². The van der Waals surface area contributed by atoms with E-state index < -0.39 is 6.04 Å². The van der Waals surface area contributed by atoms with Crippen LogP contribution in [0.2, 0.25) is 5.15 Å².